The maximum Gasteiger partial charge on any atom is 0.253 e. The van der Waals surface area contributed by atoms with Gasteiger partial charge < -0.3 is 11.1 Å². The van der Waals surface area contributed by atoms with Crippen LogP contribution < -0.4 is 11.1 Å². The van der Waals surface area contributed by atoms with Gasteiger partial charge in [0, 0.05) is 10.8 Å². The minimum Gasteiger partial charge on any atom is -0.368 e. The van der Waals surface area contributed by atoms with Crippen molar-refractivity contribution < 1.29 is 9.59 Å². The number of hydrogen-bond donors (Lipinski definition) is 2. The zero-order chi connectivity index (χ0) is 16.4. The van der Waals surface area contributed by atoms with Crippen molar-refractivity contribution in [1.29, 1.82) is 0 Å². The molecule has 0 aliphatic heterocycles. The molecule has 0 aliphatic carbocycles. The predicted molar refractivity (Wildman–Crippen MR) is 90.0 cm³/mol. The first-order chi connectivity index (χ1) is 11.1. The second-order valence-electron chi connectivity index (χ2n) is 5.36. The van der Waals surface area contributed by atoms with Crippen molar-refractivity contribution in [2.45, 2.75) is 19.4 Å². The highest BCUT2D eigenvalue weighted by atomic mass is 16.2. The Morgan fingerprint density at radius 1 is 1.04 bits per heavy atom. The first kappa shape index (κ1) is 15.0. The SMILES string of the molecule is CC[C@@H](NC(=O)c1c2ccccc2nc2ccccc12)C(N)=O. The Kier molecular flexibility index (Phi) is 3.93. The molecule has 2 amide bonds. The van der Waals surface area contributed by atoms with Gasteiger partial charge in [-0.3, -0.25) is 9.59 Å². The van der Waals surface area contributed by atoms with Crippen LogP contribution in [0.15, 0.2) is 48.5 Å². The average Bonchev–Trinajstić information content (AvgIpc) is 2.56. The van der Waals surface area contributed by atoms with Crippen LogP contribution in [0.1, 0.15) is 23.7 Å². The summed E-state index contributed by atoms with van der Waals surface area (Å²) < 4.78 is 0. The first-order valence-electron chi connectivity index (χ1n) is 7.49. The molecule has 0 fully saturated rings. The van der Waals surface area contributed by atoms with Crippen molar-refractivity contribution >= 4 is 33.6 Å². The lowest BCUT2D eigenvalue weighted by molar-refractivity contribution is -0.119. The Labute approximate surface area is 133 Å². The van der Waals surface area contributed by atoms with Gasteiger partial charge in [-0.1, -0.05) is 43.3 Å². The standard InChI is InChI=1S/C18H17N3O2/c1-2-13(17(19)22)21-18(23)16-11-7-3-5-9-14(11)20-15-10-6-4-8-12(15)16/h3-10,13H,2H2,1H3,(H2,19,22)(H,21,23)/t13-/m1/s1. The van der Waals surface area contributed by atoms with Crippen molar-refractivity contribution in [1.82, 2.24) is 10.3 Å². The van der Waals surface area contributed by atoms with Crippen LogP contribution in [0.5, 0.6) is 0 Å². The molecule has 3 aromatic rings. The molecule has 23 heavy (non-hydrogen) atoms. The van der Waals surface area contributed by atoms with Crippen molar-refractivity contribution in [3.8, 4) is 0 Å². The number of aromatic nitrogens is 1. The van der Waals surface area contributed by atoms with Gasteiger partial charge >= 0.3 is 0 Å². The van der Waals surface area contributed by atoms with Crippen LogP contribution in [0.4, 0.5) is 0 Å². The molecule has 2 aromatic carbocycles. The molecule has 0 unspecified atom stereocenters. The third kappa shape index (κ3) is 2.73. The number of pyridine rings is 1. The summed E-state index contributed by atoms with van der Waals surface area (Å²) in [7, 11) is 0. The van der Waals surface area contributed by atoms with E-state index in [1.54, 1.807) is 6.92 Å². The summed E-state index contributed by atoms with van der Waals surface area (Å²) >= 11 is 0. The topological polar surface area (TPSA) is 85.1 Å². The molecule has 0 saturated heterocycles. The second-order valence-corrected chi connectivity index (χ2v) is 5.36. The van der Waals surface area contributed by atoms with Crippen LogP contribution in [-0.2, 0) is 4.79 Å². The van der Waals surface area contributed by atoms with Crippen molar-refractivity contribution in [3.63, 3.8) is 0 Å². The number of nitrogens with one attached hydrogen (secondary N) is 1. The number of para-hydroxylation sites is 2. The Hall–Kier alpha value is -2.95. The maximum absolute atomic E-state index is 12.8. The molecule has 1 aromatic heterocycles. The fourth-order valence-corrected chi connectivity index (χ4v) is 2.69. The van der Waals surface area contributed by atoms with E-state index in [9.17, 15) is 9.59 Å². The van der Waals surface area contributed by atoms with Crippen LogP contribution in [0.25, 0.3) is 21.8 Å². The van der Waals surface area contributed by atoms with Crippen LogP contribution >= 0.6 is 0 Å². The fourth-order valence-electron chi connectivity index (χ4n) is 2.69. The molecule has 0 spiro atoms. The largest absolute Gasteiger partial charge is 0.368 e. The highest BCUT2D eigenvalue weighted by molar-refractivity contribution is 6.16. The van der Waals surface area contributed by atoms with Crippen molar-refractivity contribution in [3.05, 3.63) is 54.1 Å². The number of carbonyl (C=O) groups excluding carboxylic acids is 2. The van der Waals surface area contributed by atoms with E-state index in [-0.39, 0.29) is 5.91 Å². The van der Waals surface area contributed by atoms with Gasteiger partial charge in [0.25, 0.3) is 5.91 Å². The van der Waals surface area contributed by atoms with Gasteiger partial charge in [0.05, 0.1) is 16.6 Å². The van der Waals surface area contributed by atoms with E-state index in [1.807, 2.05) is 48.5 Å². The van der Waals surface area contributed by atoms with Crippen molar-refractivity contribution in [2.24, 2.45) is 5.73 Å². The maximum atomic E-state index is 12.8. The molecule has 5 nitrogen and oxygen atoms in total. The summed E-state index contributed by atoms with van der Waals surface area (Å²) in [6.45, 7) is 1.80. The number of primary amides is 1. The van der Waals surface area contributed by atoms with Gasteiger partial charge in [0.1, 0.15) is 6.04 Å². The normalized spacial score (nSPS) is 12.2. The van der Waals surface area contributed by atoms with E-state index in [4.69, 9.17) is 5.73 Å². The lowest BCUT2D eigenvalue weighted by Crippen LogP contribution is -2.44. The fraction of sp³-hybridized carbons (Fsp3) is 0.167. The first-order valence-corrected chi connectivity index (χ1v) is 7.49. The van der Waals surface area contributed by atoms with Gasteiger partial charge in [-0.2, -0.15) is 0 Å². The number of amides is 2. The van der Waals surface area contributed by atoms with Crippen LogP contribution in [0.2, 0.25) is 0 Å². The summed E-state index contributed by atoms with van der Waals surface area (Å²) in [6.07, 6.45) is 0.446. The summed E-state index contributed by atoms with van der Waals surface area (Å²) in [5.41, 5.74) is 7.33. The molecule has 0 aliphatic rings. The third-order valence-corrected chi connectivity index (χ3v) is 3.87. The number of nitrogens with two attached hydrogens (primary N) is 1. The number of carbonyl (C=O) groups is 2. The smallest absolute Gasteiger partial charge is 0.253 e. The zero-order valence-electron chi connectivity index (χ0n) is 12.7. The van der Waals surface area contributed by atoms with E-state index in [2.05, 4.69) is 10.3 Å². The summed E-state index contributed by atoms with van der Waals surface area (Å²) in [5.74, 6) is -0.853. The van der Waals surface area contributed by atoms with Gasteiger partial charge in [0.15, 0.2) is 0 Å². The van der Waals surface area contributed by atoms with E-state index in [0.717, 1.165) is 21.8 Å². The quantitative estimate of drug-likeness (QED) is 0.726. The molecule has 0 saturated carbocycles. The number of rotatable bonds is 4. The number of fused-ring (bicyclic) bond motifs is 2. The Bertz CT molecular complexity index is 851. The summed E-state index contributed by atoms with van der Waals surface area (Å²) in [6, 6.07) is 14.2. The molecule has 0 bridgehead atoms. The molecule has 1 heterocycles. The number of benzene rings is 2. The number of hydrogen-bond acceptors (Lipinski definition) is 3. The Morgan fingerprint density at radius 2 is 1.57 bits per heavy atom. The van der Waals surface area contributed by atoms with Gasteiger partial charge in [-0.25, -0.2) is 4.98 Å². The summed E-state index contributed by atoms with van der Waals surface area (Å²) in [4.78, 5) is 28.8. The number of nitrogens with zero attached hydrogens (tertiary/aromatic N) is 1. The minimum atomic E-state index is -0.687. The Morgan fingerprint density at radius 3 is 2.04 bits per heavy atom. The molecule has 116 valence electrons. The molecule has 1 atom stereocenters. The van der Waals surface area contributed by atoms with E-state index in [1.165, 1.54) is 0 Å². The van der Waals surface area contributed by atoms with Gasteiger partial charge in [-0.05, 0) is 18.6 Å². The molecule has 3 rings (SSSR count). The lowest BCUT2D eigenvalue weighted by Gasteiger charge is -2.15. The van der Waals surface area contributed by atoms with Crippen LogP contribution in [-0.4, -0.2) is 22.8 Å². The average molecular weight is 307 g/mol. The minimum absolute atomic E-state index is 0.314. The monoisotopic (exact) mass is 307 g/mol. The van der Waals surface area contributed by atoms with Crippen LogP contribution in [0, 0.1) is 0 Å². The highest BCUT2D eigenvalue weighted by Gasteiger charge is 2.20. The van der Waals surface area contributed by atoms with E-state index >= 15 is 0 Å². The zero-order valence-corrected chi connectivity index (χ0v) is 12.7. The molecule has 5 heteroatoms. The van der Waals surface area contributed by atoms with Crippen molar-refractivity contribution in [2.75, 3.05) is 0 Å². The van der Waals surface area contributed by atoms with Gasteiger partial charge in [-0.15, -0.1) is 0 Å². The lowest BCUT2D eigenvalue weighted by atomic mass is 10.0. The molecule has 0 radical (unpaired) electrons. The molecule has 3 N–H and O–H groups in total. The second kappa shape index (κ2) is 6.04. The molecular weight excluding hydrogens is 290 g/mol. The summed E-state index contributed by atoms with van der Waals surface area (Å²) in [5, 5.41) is 4.23. The predicted octanol–water partition coefficient (Wildman–Crippen LogP) is 2.38. The third-order valence-electron chi connectivity index (χ3n) is 3.87. The van der Waals surface area contributed by atoms with Crippen LogP contribution in [0.3, 0.4) is 0 Å². The molecular formula is C18H17N3O2. The van der Waals surface area contributed by atoms with E-state index in [0.29, 0.717) is 12.0 Å². The van der Waals surface area contributed by atoms with E-state index < -0.39 is 11.9 Å². The highest BCUT2D eigenvalue weighted by Crippen LogP contribution is 2.25. The van der Waals surface area contributed by atoms with Gasteiger partial charge in [0.2, 0.25) is 5.91 Å². The Balaban J connectivity index is 2.20.